The topological polar surface area (TPSA) is 52.8 Å². The van der Waals surface area contributed by atoms with E-state index in [9.17, 15) is 0 Å². The fourth-order valence-electron chi connectivity index (χ4n) is 3.55. The number of hydrogen-bond donors (Lipinski definition) is 0. The number of hydrogen-bond acceptors (Lipinski definition) is 5. The molecule has 0 aromatic heterocycles. The Labute approximate surface area is 196 Å². The first-order chi connectivity index (χ1) is 16.1. The van der Waals surface area contributed by atoms with Crippen LogP contribution >= 0.6 is 0 Å². The highest BCUT2D eigenvalue weighted by Gasteiger charge is 2.27. The first kappa shape index (κ1) is 23.1. The Balaban J connectivity index is 1.58. The Hall–Kier alpha value is -3.02. The van der Waals surface area contributed by atoms with Crippen molar-refractivity contribution in [3.8, 4) is 11.5 Å². The van der Waals surface area contributed by atoms with E-state index < -0.39 is 0 Å². The Morgan fingerprint density at radius 1 is 0.939 bits per heavy atom. The highest BCUT2D eigenvalue weighted by atomic mass is 16.6. The zero-order valence-corrected chi connectivity index (χ0v) is 19.5. The molecule has 0 amide bonds. The number of epoxide rings is 2. The average Bonchev–Trinajstić information content (AvgIpc) is 3.77. The highest BCUT2D eigenvalue weighted by molar-refractivity contribution is 5.47. The normalized spacial score (nSPS) is 21.7. The SMILES string of the molecule is C\C=C/C(=C\C=C\C(C)(c1ccc(OC)cc1)c1ccc(OCC2CO2)cc1)OCC1CO1. The van der Waals surface area contributed by atoms with Crippen molar-refractivity contribution >= 4 is 0 Å². The van der Waals surface area contributed by atoms with Crippen LogP contribution in [-0.2, 0) is 19.6 Å². The summed E-state index contributed by atoms with van der Waals surface area (Å²) in [5.41, 5.74) is 1.96. The van der Waals surface area contributed by atoms with Crippen LogP contribution in [0.25, 0.3) is 0 Å². The molecule has 0 bridgehead atoms. The molecule has 2 aliphatic heterocycles. The van der Waals surface area contributed by atoms with E-state index >= 15 is 0 Å². The molecule has 2 aromatic carbocycles. The summed E-state index contributed by atoms with van der Waals surface area (Å²) in [6, 6.07) is 16.5. The van der Waals surface area contributed by atoms with Gasteiger partial charge in [-0.15, -0.1) is 0 Å². The summed E-state index contributed by atoms with van der Waals surface area (Å²) >= 11 is 0. The smallest absolute Gasteiger partial charge is 0.119 e. The molecule has 2 aromatic rings. The van der Waals surface area contributed by atoms with Crippen molar-refractivity contribution in [1.29, 1.82) is 0 Å². The zero-order valence-electron chi connectivity index (χ0n) is 19.5. The molecule has 3 unspecified atom stereocenters. The van der Waals surface area contributed by atoms with E-state index in [1.807, 2.05) is 49.4 Å². The van der Waals surface area contributed by atoms with Gasteiger partial charge in [-0.2, -0.15) is 0 Å². The van der Waals surface area contributed by atoms with Gasteiger partial charge in [0.2, 0.25) is 0 Å². The molecule has 0 saturated carbocycles. The molecule has 5 nitrogen and oxygen atoms in total. The minimum absolute atomic E-state index is 0.222. The second kappa shape index (κ2) is 10.7. The molecule has 0 N–H and O–H groups in total. The lowest BCUT2D eigenvalue weighted by atomic mass is 9.76. The summed E-state index contributed by atoms with van der Waals surface area (Å²) < 4.78 is 27.5. The molecular formula is C28H32O5. The summed E-state index contributed by atoms with van der Waals surface area (Å²) in [5.74, 6) is 2.50. The Kier molecular flexibility index (Phi) is 7.53. The molecule has 2 heterocycles. The van der Waals surface area contributed by atoms with Gasteiger partial charge in [-0.25, -0.2) is 0 Å². The molecule has 5 heteroatoms. The Morgan fingerprint density at radius 2 is 1.52 bits per heavy atom. The van der Waals surface area contributed by atoms with Gasteiger partial charge in [0.15, 0.2) is 0 Å². The van der Waals surface area contributed by atoms with E-state index in [-0.39, 0.29) is 17.6 Å². The van der Waals surface area contributed by atoms with Crippen LogP contribution in [-0.4, -0.2) is 45.7 Å². The highest BCUT2D eigenvalue weighted by Crippen LogP contribution is 2.35. The van der Waals surface area contributed by atoms with Gasteiger partial charge in [0.1, 0.15) is 42.7 Å². The summed E-state index contributed by atoms with van der Waals surface area (Å²) in [6.07, 6.45) is 10.7. The quantitative estimate of drug-likeness (QED) is 0.253. The molecule has 0 aliphatic carbocycles. The molecule has 2 fully saturated rings. The van der Waals surface area contributed by atoms with Crippen molar-refractivity contribution in [2.24, 2.45) is 0 Å². The number of ether oxygens (including phenoxy) is 5. The van der Waals surface area contributed by atoms with E-state index in [0.717, 1.165) is 41.6 Å². The summed E-state index contributed by atoms with van der Waals surface area (Å²) in [4.78, 5) is 0. The molecule has 0 radical (unpaired) electrons. The fourth-order valence-corrected chi connectivity index (χ4v) is 3.55. The molecule has 174 valence electrons. The molecular weight excluding hydrogens is 416 g/mol. The average molecular weight is 449 g/mol. The number of rotatable bonds is 12. The van der Waals surface area contributed by atoms with E-state index in [4.69, 9.17) is 23.7 Å². The third-order valence-electron chi connectivity index (χ3n) is 5.84. The molecule has 4 rings (SSSR count). The number of benzene rings is 2. The van der Waals surface area contributed by atoms with Crippen LogP contribution < -0.4 is 9.47 Å². The van der Waals surface area contributed by atoms with E-state index in [2.05, 4.69) is 43.3 Å². The van der Waals surface area contributed by atoms with Crippen molar-refractivity contribution in [3.05, 3.63) is 95.8 Å². The predicted molar refractivity (Wildman–Crippen MR) is 129 cm³/mol. The Bertz CT molecular complexity index is 982. The van der Waals surface area contributed by atoms with Gasteiger partial charge in [-0.3, -0.25) is 0 Å². The van der Waals surface area contributed by atoms with Crippen LogP contribution in [0.4, 0.5) is 0 Å². The van der Waals surface area contributed by atoms with Gasteiger partial charge < -0.3 is 23.7 Å². The van der Waals surface area contributed by atoms with E-state index in [1.165, 1.54) is 0 Å². The lowest BCUT2D eigenvalue weighted by molar-refractivity contribution is 0.193. The van der Waals surface area contributed by atoms with Crippen molar-refractivity contribution < 1.29 is 23.7 Å². The molecule has 3 atom stereocenters. The van der Waals surface area contributed by atoms with Gasteiger partial charge in [-0.05, 0) is 61.4 Å². The monoisotopic (exact) mass is 448 g/mol. The summed E-state index contributed by atoms with van der Waals surface area (Å²) in [7, 11) is 1.68. The maximum Gasteiger partial charge on any atom is 0.119 e. The van der Waals surface area contributed by atoms with Crippen LogP contribution in [0.1, 0.15) is 25.0 Å². The maximum atomic E-state index is 5.88. The van der Waals surface area contributed by atoms with Crippen LogP contribution in [0.5, 0.6) is 11.5 Å². The predicted octanol–water partition coefficient (Wildman–Crippen LogP) is 5.21. The standard InChI is InChI=1S/C28H32O5/c1-4-6-24(30-17-26-19-32-26)7-5-16-28(2,21-8-12-23(29-3)13-9-21)22-10-14-25(15-11-22)31-18-27-20-33-27/h4-16,26-27H,17-20H2,1-3H3/b6-4-,16-5+,24-7+. The largest absolute Gasteiger partial charge is 0.497 e. The van der Waals surface area contributed by atoms with E-state index in [1.54, 1.807) is 7.11 Å². The molecule has 0 spiro atoms. The minimum atomic E-state index is -0.360. The third kappa shape index (κ3) is 6.50. The van der Waals surface area contributed by atoms with Crippen LogP contribution in [0.2, 0.25) is 0 Å². The third-order valence-corrected chi connectivity index (χ3v) is 5.84. The fraction of sp³-hybridized carbons (Fsp3) is 0.357. The number of allylic oxidation sites excluding steroid dienone is 5. The van der Waals surface area contributed by atoms with Crippen LogP contribution in [0.15, 0.2) is 84.7 Å². The lowest BCUT2D eigenvalue weighted by Gasteiger charge is -2.28. The lowest BCUT2D eigenvalue weighted by Crippen LogP contribution is -2.20. The zero-order chi connectivity index (χ0) is 23.1. The van der Waals surface area contributed by atoms with Crippen molar-refractivity contribution in [1.82, 2.24) is 0 Å². The van der Waals surface area contributed by atoms with Gasteiger partial charge in [0.05, 0.1) is 20.3 Å². The first-order valence-corrected chi connectivity index (χ1v) is 11.4. The minimum Gasteiger partial charge on any atom is -0.497 e. The second-order valence-corrected chi connectivity index (χ2v) is 8.42. The molecule has 33 heavy (non-hydrogen) atoms. The summed E-state index contributed by atoms with van der Waals surface area (Å²) in [6.45, 7) is 6.93. The maximum absolute atomic E-state index is 5.88. The molecule has 2 aliphatic rings. The second-order valence-electron chi connectivity index (χ2n) is 8.42. The number of methoxy groups -OCH3 is 1. The van der Waals surface area contributed by atoms with Crippen LogP contribution in [0.3, 0.4) is 0 Å². The summed E-state index contributed by atoms with van der Waals surface area (Å²) in [5, 5.41) is 0. The first-order valence-electron chi connectivity index (χ1n) is 11.4. The Morgan fingerprint density at radius 3 is 2.06 bits per heavy atom. The van der Waals surface area contributed by atoms with Crippen LogP contribution in [0, 0.1) is 0 Å². The van der Waals surface area contributed by atoms with Crippen molar-refractivity contribution in [2.45, 2.75) is 31.5 Å². The van der Waals surface area contributed by atoms with Gasteiger partial charge in [0, 0.05) is 5.41 Å². The van der Waals surface area contributed by atoms with E-state index in [0.29, 0.717) is 13.2 Å². The van der Waals surface area contributed by atoms with Gasteiger partial charge in [-0.1, -0.05) is 42.5 Å². The van der Waals surface area contributed by atoms with Gasteiger partial charge in [0.25, 0.3) is 0 Å². The van der Waals surface area contributed by atoms with Crippen molar-refractivity contribution in [3.63, 3.8) is 0 Å². The molecule has 2 saturated heterocycles. The van der Waals surface area contributed by atoms with Crippen molar-refractivity contribution in [2.75, 3.05) is 33.5 Å². The van der Waals surface area contributed by atoms with Gasteiger partial charge >= 0.3 is 0 Å².